The zero-order chi connectivity index (χ0) is 13.9. The molecule has 0 saturated carbocycles. The van der Waals surface area contributed by atoms with Gasteiger partial charge in [-0.1, -0.05) is 11.3 Å². The number of hydrogen-bond donors (Lipinski definition) is 1. The third kappa shape index (κ3) is 3.07. The van der Waals surface area contributed by atoms with Crippen LogP contribution >= 0.6 is 11.3 Å². The first kappa shape index (κ1) is 13.3. The summed E-state index contributed by atoms with van der Waals surface area (Å²) < 4.78 is 12.9. The number of rotatable bonds is 4. The van der Waals surface area contributed by atoms with Gasteiger partial charge in [-0.15, -0.1) is 10.2 Å². The first-order valence-corrected chi connectivity index (χ1v) is 7.57. The van der Waals surface area contributed by atoms with Gasteiger partial charge >= 0.3 is 0 Å². The first-order chi connectivity index (χ1) is 9.70. The quantitative estimate of drug-likeness (QED) is 0.940. The molecule has 1 atom stereocenters. The van der Waals surface area contributed by atoms with Crippen LogP contribution in [-0.4, -0.2) is 29.8 Å². The molecule has 0 radical (unpaired) electrons. The molecule has 106 valence electrons. The molecule has 0 bridgehead atoms. The van der Waals surface area contributed by atoms with Crippen molar-refractivity contribution in [3.8, 4) is 0 Å². The van der Waals surface area contributed by atoms with Crippen LogP contribution < -0.4 is 10.2 Å². The number of aromatic nitrogens is 2. The summed E-state index contributed by atoms with van der Waals surface area (Å²) in [6, 6.07) is 6.73. The second-order valence-electron chi connectivity index (χ2n) is 5.08. The predicted molar refractivity (Wildman–Crippen MR) is 79.9 cm³/mol. The summed E-state index contributed by atoms with van der Waals surface area (Å²) in [4.78, 5) is 2.30. The number of hydrogen-bond acceptors (Lipinski definition) is 5. The minimum Gasteiger partial charge on any atom is -0.371 e. The van der Waals surface area contributed by atoms with Crippen molar-refractivity contribution in [1.29, 1.82) is 0 Å². The first-order valence-electron chi connectivity index (χ1n) is 6.75. The zero-order valence-electron chi connectivity index (χ0n) is 11.3. The standard InChI is InChI=1S/C14H17FN4S/c1-10-17-18-14(20-10)16-8-11-6-7-19(9-11)13-4-2-12(15)3-5-13/h2-5,11H,6-9H2,1H3,(H,16,18). The number of benzene rings is 1. The van der Waals surface area contributed by atoms with Crippen molar-refractivity contribution in [2.24, 2.45) is 5.92 Å². The van der Waals surface area contributed by atoms with Crippen LogP contribution in [0.2, 0.25) is 0 Å². The second-order valence-corrected chi connectivity index (χ2v) is 6.27. The van der Waals surface area contributed by atoms with Gasteiger partial charge in [0.1, 0.15) is 10.8 Å². The van der Waals surface area contributed by atoms with E-state index in [9.17, 15) is 4.39 Å². The molecular weight excluding hydrogens is 275 g/mol. The zero-order valence-corrected chi connectivity index (χ0v) is 12.2. The number of aryl methyl sites for hydroxylation is 1. The number of nitrogens with zero attached hydrogens (tertiary/aromatic N) is 3. The van der Waals surface area contributed by atoms with Crippen LogP contribution in [0, 0.1) is 18.7 Å². The van der Waals surface area contributed by atoms with E-state index >= 15 is 0 Å². The van der Waals surface area contributed by atoms with Crippen LogP contribution in [0.25, 0.3) is 0 Å². The van der Waals surface area contributed by atoms with Gasteiger partial charge in [-0.2, -0.15) is 0 Å². The summed E-state index contributed by atoms with van der Waals surface area (Å²) in [5, 5.41) is 13.3. The molecule has 2 heterocycles. The Morgan fingerprint density at radius 1 is 1.35 bits per heavy atom. The molecule has 0 amide bonds. The van der Waals surface area contributed by atoms with Gasteiger partial charge in [-0.25, -0.2) is 4.39 Å². The minimum atomic E-state index is -0.183. The van der Waals surface area contributed by atoms with E-state index < -0.39 is 0 Å². The highest BCUT2D eigenvalue weighted by Crippen LogP contribution is 2.24. The lowest BCUT2D eigenvalue weighted by atomic mass is 10.1. The lowest BCUT2D eigenvalue weighted by Gasteiger charge is -2.18. The molecule has 4 nitrogen and oxygen atoms in total. The molecule has 20 heavy (non-hydrogen) atoms. The Morgan fingerprint density at radius 3 is 2.85 bits per heavy atom. The van der Waals surface area contributed by atoms with Gasteiger partial charge in [-0.3, -0.25) is 0 Å². The van der Waals surface area contributed by atoms with Gasteiger partial charge in [0.15, 0.2) is 0 Å². The van der Waals surface area contributed by atoms with Gasteiger partial charge in [0, 0.05) is 25.3 Å². The molecule has 0 aliphatic carbocycles. The summed E-state index contributed by atoms with van der Waals surface area (Å²) in [7, 11) is 0. The fourth-order valence-electron chi connectivity index (χ4n) is 2.49. The highest BCUT2D eigenvalue weighted by molar-refractivity contribution is 7.15. The van der Waals surface area contributed by atoms with E-state index in [2.05, 4.69) is 20.4 Å². The molecule has 0 spiro atoms. The van der Waals surface area contributed by atoms with Crippen LogP contribution in [-0.2, 0) is 0 Å². The third-order valence-corrected chi connectivity index (χ3v) is 4.34. The van der Waals surface area contributed by atoms with Crippen LogP contribution in [0.4, 0.5) is 15.2 Å². The third-order valence-electron chi connectivity index (χ3n) is 3.55. The van der Waals surface area contributed by atoms with Crippen LogP contribution in [0.5, 0.6) is 0 Å². The molecule has 1 aliphatic rings. The van der Waals surface area contributed by atoms with Gasteiger partial charge in [0.05, 0.1) is 0 Å². The van der Waals surface area contributed by atoms with Crippen LogP contribution in [0.3, 0.4) is 0 Å². The van der Waals surface area contributed by atoms with E-state index in [4.69, 9.17) is 0 Å². The molecule has 1 unspecified atom stereocenters. The summed E-state index contributed by atoms with van der Waals surface area (Å²) in [5.74, 6) is 0.405. The Labute approximate surface area is 121 Å². The van der Waals surface area contributed by atoms with Crippen LogP contribution in [0.15, 0.2) is 24.3 Å². The maximum absolute atomic E-state index is 12.9. The molecule has 1 N–H and O–H groups in total. The maximum Gasteiger partial charge on any atom is 0.205 e. The van der Waals surface area contributed by atoms with E-state index in [0.29, 0.717) is 5.92 Å². The Bertz CT molecular complexity index is 569. The van der Waals surface area contributed by atoms with E-state index in [-0.39, 0.29) is 5.82 Å². The molecule has 1 aromatic heterocycles. The van der Waals surface area contributed by atoms with Gasteiger partial charge in [0.25, 0.3) is 0 Å². The Hall–Kier alpha value is -1.69. The fourth-order valence-corrected chi connectivity index (χ4v) is 3.08. The second kappa shape index (κ2) is 5.75. The monoisotopic (exact) mass is 292 g/mol. The van der Waals surface area contributed by atoms with Gasteiger partial charge in [0.2, 0.25) is 5.13 Å². The molecule has 1 aliphatic heterocycles. The molecule has 1 aromatic carbocycles. The minimum absolute atomic E-state index is 0.183. The molecule has 1 saturated heterocycles. The number of anilines is 2. The topological polar surface area (TPSA) is 41.1 Å². The molecular formula is C14H17FN4S. The summed E-state index contributed by atoms with van der Waals surface area (Å²) in [6.07, 6.45) is 1.14. The Balaban J connectivity index is 1.53. The molecule has 3 rings (SSSR count). The van der Waals surface area contributed by atoms with Gasteiger partial charge in [-0.05, 0) is 43.5 Å². The Morgan fingerprint density at radius 2 is 2.15 bits per heavy atom. The van der Waals surface area contributed by atoms with Crippen molar-refractivity contribution in [3.05, 3.63) is 35.1 Å². The lowest BCUT2D eigenvalue weighted by Crippen LogP contribution is -2.22. The van der Waals surface area contributed by atoms with Crippen molar-refractivity contribution in [2.75, 3.05) is 29.9 Å². The van der Waals surface area contributed by atoms with Crippen molar-refractivity contribution < 1.29 is 4.39 Å². The van der Waals surface area contributed by atoms with Crippen molar-refractivity contribution in [2.45, 2.75) is 13.3 Å². The largest absolute Gasteiger partial charge is 0.371 e. The molecule has 2 aromatic rings. The number of nitrogens with one attached hydrogen (secondary N) is 1. The average Bonchev–Trinajstić information content (AvgIpc) is 3.06. The molecule has 1 fully saturated rings. The summed E-state index contributed by atoms with van der Waals surface area (Å²) in [5.41, 5.74) is 1.10. The smallest absolute Gasteiger partial charge is 0.205 e. The van der Waals surface area contributed by atoms with Crippen molar-refractivity contribution in [1.82, 2.24) is 10.2 Å². The van der Waals surface area contributed by atoms with E-state index in [1.165, 1.54) is 12.1 Å². The van der Waals surface area contributed by atoms with Crippen molar-refractivity contribution >= 4 is 22.2 Å². The fraction of sp³-hybridized carbons (Fsp3) is 0.429. The number of halogens is 1. The molecule has 6 heteroatoms. The van der Waals surface area contributed by atoms with Crippen molar-refractivity contribution in [3.63, 3.8) is 0 Å². The van der Waals surface area contributed by atoms with Gasteiger partial charge < -0.3 is 10.2 Å². The predicted octanol–water partition coefficient (Wildman–Crippen LogP) is 2.92. The lowest BCUT2D eigenvalue weighted by molar-refractivity contribution is 0.621. The highest BCUT2D eigenvalue weighted by Gasteiger charge is 2.22. The van der Waals surface area contributed by atoms with E-state index in [1.807, 2.05) is 19.1 Å². The van der Waals surface area contributed by atoms with E-state index in [0.717, 1.165) is 41.9 Å². The maximum atomic E-state index is 12.9. The normalized spacial score (nSPS) is 18.5. The SMILES string of the molecule is Cc1nnc(NCC2CCN(c3ccc(F)cc3)C2)s1. The summed E-state index contributed by atoms with van der Waals surface area (Å²) >= 11 is 1.58. The highest BCUT2D eigenvalue weighted by atomic mass is 32.1. The average molecular weight is 292 g/mol. The summed E-state index contributed by atoms with van der Waals surface area (Å²) in [6.45, 7) is 4.88. The Kier molecular flexibility index (Phi) is 3.82. The van der Waals surface area contributed by atoms with Crippen LogP contribution in [0.1, 0.15) is 11.4 Å². The van der Waals surface area contributed by atoms with E-state index in [1.54, 1.807) is 11.3 Å².